The lowest BCUT2D eigenvalue weighted by atomic mass is 9.92. The van der Waals surface area contributed by atoms with Crippen LogP contribution >= 0.6 is 0 Å². The third-order valence-electron chi connectivity index (χ3n) is 6.33. The van der Waals surface area contributed by atoms with Crippen LogP contribution in [0.3, 0.4) is 0 Å². The van der Waals surface area contributed by atoms with Crippen molar-refractivity contribution in [3.63, 3.8) is 0 Å². The van der Waals surface area contributed by atoms with Crippen LogP contribution in [0.25, 0.3) is 0 Å². The van der Waals surface area contributed by atoms with Crippen molar-refractivity contribution in [2.45, 2.75) is 31.0 Å². The van der Waals surface area contributed by atoms with E-state index in [4.69, 9.17) is 4.42 Å². The Bertz CT molecular complexity index is 587. The van der Waals surface area contributed by atoms with Crippen molar-refractivity contribution in [1.29, 1.82) is 0 Å². The Balaban J connectivity index is 1.69. The van der Waals surface area contributed by atoms with E-state index in [1.165, 1.54) is 25.3 Å². The van der Waals surface area contributed by atoms with Crippen molar-refractivity contribution < 1.29 is 4.42 Å². The van der Waals surface area contributed by atoms with Crippen molar-refractivity contribution in [3.8, 4) is 0 Å². The van der Waals surface area contributed by atoms with E-state index in [1.807, 2.05) is 6.26 Å². The predicted molar refractivity (Wildman–Crippen MR) is 97.0 cm³/mol. The molecule has 23 heavy (non-hydrogen) atoms. The number of piperazine rings is 1. The van der Waals surface area contributed by atoms with Crippen LogP contribution in [0, 0.1) is 11.8 Å². The van der Waals surface area contributed by atoms with Crippen LogP contribution in [0.15, 0.2) is 47.1 Å². The molecule has 1 saturated heterocycles. The van der Waals surface area contributed by atoms with E-state index in [2.05, 4.69) is 59.4 Å². The van der Waals surface area contributed by atoms with Gasteiger partial charge in [-0.3, -0.25) is 0 Å². The van der Waals surface area contributed by atoms with Gasteiger partial charge in [0.05, 0.1) is 6.26 Å². The van der Waals surface area contributed by atoms with E-state index in [1.54, 1.807) is 0 Å². The minimum absolute atomic E-state index is 0.573. The molecule has 0 bridgehead atoms. The maximum atomic E-state index is 5.88. The zero-order valence-electron chi connectivity index (χ0n) is 14.2. The summed E-state index contributed by atoms with van der Waals surface area (Å²) in [5.41, 5.74) is 0.734. The third kappa shape index (κ3) is 2.67. The van der Waals surface area contributed by atoms with E-state index in [-0.39, 0.29) is 0 Å². The lowest BCUT2D eigenvalue weighted by molar-refractivity contribution is 0.341. The van der Waals surface area contributed by atoms with Gasteiger partial charge >= 0.3 is 0 Å². The van der Waals surface area contributed by atoms with E-state index in [9.17, 15) is 0 Å². The van der Waals surface area contributed by atoms with Gasteiger partial charge in [-0.05, 0) is 35.9 Å². The average Bonchev–Trinajstić information content (AvgIpc) is 3.23. The third-order valence-corrected chi connectivity index (χ3v) is 10.8. The van der Waals surface area contributed by atoms with Crippen LogP contribution in [0.4, 0.5) is 0 Å². The molecular weight excluding hydrogens is 300 g/mol. The number of hydrogen-bond donors (Lipinski definition) is 1. The molecule has 1 N–H and O–H groups in total. The molecule has 0 radical (unpaired) electrons. The Kier molecular flexibility index (Phi) is 4.08. The molecule has 4 unspecified atom stereocenters. The highest BCUT2D eigenvalue weighted by atomic mass is 28.3. The van der Waals surface area contributed by atoms with Crippen molar-refractivity contribution in [2.24, 2.45) is 11.8 Å². The summed E-state index contributed by atoms with van der Waals surface area (Å²) in [6, 6.07) is 4.25. The number of furan rings is 1. The summed E-state index contributed by atoms with van der Waals surface area (Å²) in [5.74, 6) is 3.16. The van der Waals surface area contributed by atoms with E-state index >= 15 is 0 Å². The van der Waals surface area contributed by atoms with E-state index in [0.29, 0.717) is 17.8 Å². The largest absolute Gasteiger partial charge is 0.469 e. The van der Waals surface area contributed by atoms with Crippen LogP contribution in [-0.2, 0) is 0 Å². The highest BCUT2D eigenvalue weighted by Gasteiger charge is 2.53. The molecule has 0 aromatic carbocycles. The van der Waals surface area contributed by atoms with Crippen molar-refractivity contribution in [3.05, 3.63) is 48.5 Å². The first-order chi connectivity index (χ1) is 11.2. The normalized spacial score (nSPS) is 34.7. The SMILES string of the molecule is C[Si](C)(C1C(c2ccco2)CC2C=CC=CC21)N1CCNCC1. The summed E-state index contributed by atoms with van der Waals surface area (Å²) in [7, 11) is -1.55. The van der Waals surface area contributed by atoms with Crippen molar-refractivity contribution in [1.82, 2.24) is 9.88 Å². The molecule has 0 spiro atoms. The highest BCUT2D eigenvalue weighted by Crippen LogP contribution is 2.57. The fourth-order valence-electron chi connectivity index (χ4n) is 5.21. The van der Waals surface area contributed by atoms with Crippen LogP contribution in [0.1, 0.15) is 18.1 Å². The molecule has 124 valence electrons. The van der Waals surface area contributed by atoms with Gasteiger partial charge in [0.2, 0.25) is 0 Å². The molecule has 2 heterocycles. The summed E-state index contributed by atoms with van der Waals surface area (Å²) >= 11 is 0. The first-order valence-electron chi connectivity index (χ1n) is 9.02. The molecule has 1 aromatic rings. The Hall–Kier alpha value is -1.10. The van der Waals surface area contributed by atoms with Crippen LogP contribution < -0.4 is 5.32 Å². The molecule has 1 aromatic heterocycles. The first kappa shape index (κ1) is 15.4. The summed E-state index contributed by atoms with van der Waals surface area (Å²) < 4.78 is 8.71. The maximum Gasteiger partial charge on any atom is 0.126 e. The van der Waals surface area contributed by atoms with Gasteiger partial charge in [-0.1, -0.05) is 37.4 Å². The number of allylic oxidation sites excluding steroid dienone is 4. The van der Waals surface area contributed by atoms with Gasteiger partial charge in [-0.2, -0.15) is 0 Å². The standard InChI is InChI=1S/C19H28N2OSi/c1-23(2,21-11-9-20-10-12-21)19-16-7-4-3-6-15(16)14-17(19)18-8-5-13-22-18/h3-8,13,15-17,19-20H,9-12,14H2,1-2H3. The van der Waals surface area contributed by atoms with E-state index < -0.39 is 8.24 Å². The molecule has 2 fully saturated rings. The minimum Gasteiger partial charge on any atom is -0.469 e. The lowest BCUT2D eigenvalue weighted by Gasteiger charge is -2.47. The Labute approximate surface area is 140 Å². The average molecular weight is 329 g/mol. The molecule has 3 nitrogen and oxygen atoms in total. The molecule has 4 rings (SSSR count). The van der Waals surface area contributed by atoms with Crippen LogP contribution in [0.2, 0.25) is 18.6 Å². The van der Waals surface area contributed by atoms with Gasteiger partial charge in [-0.25, -0.2) is 0 Å². The molecular formula is C19H28N2OSi. The van der Waals surface area contributed by atoms with Crippen molar-refractivity contribution >= 4 is 8.24 Å². The molecule has 3 aliphatic rings. The van der Waals surface area contributed by atoms with E-state index in [0.717, 1.165) is 18.6 Å². The predicted octanol–water partition coefficient (Wildman–Crippen LogP) is 3.61. The van der Waals surface area contributed by atoms with Gasteiger partial charge < -0.3 is 14.3 Å². The summed E-state index contributed by atoms with van der Waals surface area (Å²) in [6.45, 7) is 9.87. The monoisotopic (exact) mass is 328 g/mol. The van der Waals surface area contributed by atoms with Gasteiger partial charge in [-0.15, -0.1) is 0 Å². The molecule has 2 aliphatic carbocycles. The quantitative estimate of drug-likeness (QED) is 0.859. The fourth-order valence-corrected chi connectivity index (χ4v) is 9.59. The minimum atomic E-state index is -1.55. The summed E-state index contributed by atoms with van der Waals surface area (Å²) in [4.78, 5) is 0. The van der Waals surface area contributed by atoms with Crippen LogP contribution in [0.5, 0.6) is 0 Å². The molecule has 4 heteroatoms. The van der Waals surface area contributed by atoms with Gasteiger partial charge in [0.1, 0.15) is 14.0 Å². The van der Waals surface area contributed by atoms with Crippen molar-refractivity contribution in [2.75, 3.05) is 26.2 Å². The molecule has 1 saturated carbocycles. The van der Waals surface area contributed by atoms with Gasteiger partial charge in [0, 0.05) is 32.1 Å². The number of nitrogens with zero attached hydrogens (tertiary/aromatic N) is 1. The smallest absolute Gasteiger partial charge is 0.126 e. The zero-order chi connectivity index (χ0) is 15.9. The Morgan fingerprint density at radius 2 is 1.96 bits per heavy atom. The zero-order valence-corrected chi connectivity index (χ0v) is 15.2. The topological polar surface area (TPSA) is 28.4 Å². The number of rotatable bonds is 3. The van der Waals surface area contributed by atoms with Gasteiger partial charge in [0.25, 0.3) is 0 Å². The number of fused-ring (bicyclic) bond motifs is 1. The second-order valence-electron chi connectivity index (χ2n) is 7.79. The molecule has 0 amide bonds. The summed E-state index contributed by atoms with van der Waals surface area (Å²) in [5, 5.41) is 3.51. The molecule has 4 atom stereocenters. The second kappa shape index (κ2) is 6.08. The Morgan fingerprint density at radius 1 is 1.17 bits per heavy atom. The number of hydrogen-bond acceptors (Lipinski definition) is 3. The molecule has 1 aliphatic heterocycles. The summed E-state index contributed by atoms with van der Waals surface area (Å²) in [6.07, 6.45) is 12.5. The fraction of sp³-hybridized carbons (Fsp3) is 0.579. The van der Waals surface area contributed by atoms with Gasteiger partial charge in [0.15, 0.2) is 0 Å². The van der Waals surface area contributed by atoms with Crippen LogP contribution in [-0.4, -0.2) is 39.0 Å². The lowest BCUT2D eigenvalue weighted by Crippen LogP contribution is -2.60. The highest BCUT2D eigenvalue weighted by molar-refractivity contribution is 6.76. The first-order valence-corrected chi connectivity index (χ1v) is 12.0. The Morgan fingerprint density at radius 3 is 2.70 bits per heavy atom. The number of nitrogens with one attached hydrogen (secondary N) is 1. The maximum absolute atomic E-state index is 5.88. The second-order valence-corrected chi connectivity index (χ2v) is 12.4.